The van der Waals surface area contributed by atoms with Gasteiger partial charge in [-0.25, -0.2) is 12.8 Å². The summed E-state index contributed by atoms with van der Waals surface area (Å²) < 4.78 is 45.8. The predicted octanol–water partition coefficient (Wildman–Crippen LogP) is 3.29. The summed E-state index contributed by atoms with van der Waals surface area (Å²) in [5, 5.41) is 3.76. The molecule has 0 aliphatic rings. The normalized spacial score (nSPS) is 11.5. The molecule has 0 amide bonds. The Bertz CT molecular complexity index is 999. The van der Waals surface area contributed by atoms with E-state index in [1.54, 1.807) is 26.0 Å². The van der Waals surface area contributed by atoms with Crippen LogP contribution in [0.5, 0.6) is 0 Å². The number of anilines is 1. The maximum absolute atomic E-state index is 13.6. The maximum atomic E-state index is 13.6. The molecule has 0 bridgehead atoms. The third-order valence-electron chi connectivity index (χ3n) is 3.35. The van der Waals surface area contributed by atoms with Crippen molar-refractivity contribution in [3.8, 4) is 11.4 Å². The molecule has 0 radical (unpaired) electrons. The van der Waals surface area contributed by atoms with Crippen LogP contribution in [0.4, 0.5) is 10.1 Å². The summed E-state index contributed by atoms with van der Waals surface area (Å²) in [5.74, 6) is 0.198. The van der Waals surface area contributed by atoms with E-state index in [2.05, 4.69) is 14.9 Å². The zero-order chi connectivity index (χ0) is 17.3. The molecule has 1 heterocycles. The molecule has 3 rings (SSSR count). The van der Waals surface area contributed by atoms with Crippen molar-refractivity contribution in [2.75, 3.05) is 4.72 Å². The van der Waals surface area contributed by atoms with Crippen LogP contribution in [0.3, 0.4) is 0 Å². The number of rotatable bonds is 4. The van der Waals surface area contributed by atoms with Crippen LogP contribution in [0.25, 0.3) is 11.4 Å². The molecule has 3 aromatic rings. The Morgan fingerprint density at radius 1 is 1.12 bits per heavy atom. The first-order chi connectivity index (χ1) is 11.3. The second-order valence-electron chi connectivity index (χ2n) is 5.23. The summed E-state index contributed by atoms with van der Waals surface area (Å²) in [6.07, 6.45) is 0. The lowest BCUT2D eigenvalue weighted by Crippen LogP contribution is -2.13. The van der Waals surface area contributed by atoms with Crippen LogP contribution in [-0.2, 0) is 10.0 Å². The summed E-state index contributed by atoms with van der Waals surface area (Å²) in [5.41, 5.74) is 1.09. The average Bonchev–Trinajstić information content (AvgIpc) is 2.97. The zero-order valence-electron chi connectivity index (χ0n) is 12.9. The van der Waals surface area contributed by atoms with Gasteiger partial charge in [0.25, 0.3) is 10.0 Å². The Morgan fingerprint density at radius 2 is 1.92 bits per heavy atom. The van der Waals surface area contributed by atoms with Crippen LogP contribution < -0.4 is 4.72 Å². The van der Waals surface area contributed by atoms with Crippen molar-refractivity contribution in [3.05, 3.63) is 59.7 Å². The maximum Gasteiger partial charge on any atom is 0.261 e. The van der Waals surface area contributed by atoms with Gasteiger partial charge in [0.1, 0.15) is 5.82 Å². The Hall–Kier alpha value is -2.74. The highest BCUT2D eigenvalue weighted by atomic mass is 32.2. The van der Waals surface area contributed by atoms with E-state index in [-0.39, 0.29) is 10.6 Å². The molecule has 124 valence electrons. The van der Waals surface area contributed by atoms with E-state index in [1.807, 2.05) is 0 Å². The SMILES string of the molecule is Cc1nc(-c2cccc(S(=O)(=O)Nc3ccc(C)c(F)c3)c2)no1. The zero-order valence-corrected chi connectivity index (χ0v) is 13.8. The van der Waals surface area contributed by atoms with E-state index in [0.717, 1.165) is 6.07 Å². The minimum absolute atomic E-state index is 0.0171. The largest absolute Gasteiger partial charge is 0.339 e. The second kappa shape index (κ2) is 6.04. The van der Waals surface area contributed by atoms with E-state index in [4.69, 9.17) is 4.52 Å². The van der Waals surface area contributed by atoms with Crippen LogP contribution in [0.2, 0.25) is 0 Å². The van der Waals surface area contributed by atoms with Gasteiger partial charge in [0.05, 0.1) is 10.6 Å². The van der Waals surface area contributed by atoms with Gasteiger partial charge in [-0.15, -0.1) is 0 Å². The van der Waals surface area contributed by atoms with Crippen LogP contribution >= 0.6 is 0 Å². The van der Waals surface area contributed by atoms with Crippen LogP contribution in [-0.4, -0.2) is 18.6 Å². The van der Waals surface area contributed by atoms with Crippen LogP contribution in [0.1, 0.15) is 11.5 Å². The first-order valence-corrected chi connectivity index (χ1v) is 8.53. The molecular formula is C16H14FN3O3S. The van der Waals surface area contributed by atoms with E-state index in [1.165, 1.54) is 24.3 Å². The van der Waals surface area contributed by atoms with E-state index in [0.29, 0.717) is 22.8 Å². The fourth-order valence-corrected chi connectivity index (χ4v) is 3.18. The predicted molar refractivity (Wildman–Crippen MR) is 86.4 cm³/mol. The smallest absolute Gasteiger partial charge is 0.261 e. The Kier molecular flexibility index (Phi) is 4.06. The molecule has 1 aromatic heterocycles. The van der Waals surface area contributed by atoms with Crippen molar-refractivity contribution in [2.24, 2.45) is 0 Å². The van der Waals surface area contributed by atoms with E-state index < -0.39 is 15.8 Å². The van der Waals surface area contributed by atoms with Crippen molar-refractivity contribution in [1.29, 1.82) is 0 Å². The summed E-state index contributed by atoms with van der Waals surface area (Å²) in [6, 6.07) is 10.3. The molecule has 8 heteroatoms. The molecule has 0 saturated heterocycles. The highest BCUT2D eigenvalue weighted by molar-refractivity contribution is 7.92. The molecule has 2 aromatic carbocycles. The Balaban J connectivity index is 1.93. The molecule has 0 atom stereocenters. The topological polar surface area (TPSA) is 85.1 Å². The van der Waals surface area contributed by atoms with Gasteiger partial charge >= 0.3 is 0 Å². The van der Waals surface area contributed by atoms with Gasteiger partial charge in [-0.2, -0.15) is 4.98 Å². The molecule has 1 N–H and O–H groups in total. The first-order valence-electron chi connectivity index (χ1n) is 7.05. The summed E-state index contributed by atoms with van der Waals surface area (Å²) >= 11 is 0. The number of hydrogen-bond acceptors (Lipinski definition) is 5. The van der Waals surface area contributed by atoms with Gasteiger partial charge < -0.3 is 4.52 Å². The van der Waals surface area contributed by atoms with Gasteiger partial charge in [-0.3, -0.25) is 4.72 Å². The molecule has 24 heavy (non-hydrogen) atoms. The summed E-state index contributed by atoms with van der Waals surface area (Å²) in [4.78, 5) is 4.08. The molecule has 0 fully saturated rings. The number of benzene rings is 2. The standard InChI is InChI=1S/C16H14FN3O3S/c1-10-6-7-13(9-15(10)17)20-24(21,22)14-5-3-4-12(8-14)16-18-11(2)23-19-16/h3-9,20H,1-2H3. The first kappa shape index (κ1) is 16.1. The van der Waals surface area contributed by atoms with Gasteiger partial charge in [0.15, 0.2) is 0 Å². The van der Waals surface area contributed by atoms with E-state index in [9.17, 15) is 12.8 Å². The fraction of sp³-hybridized carbons (Fsp3) is 0.125. The van der Waals surface area contributed by atoms with Crippen molar-refractivity contribution in [1.82, 2.24) is 10.1 Å². The molecule has 0 aliphatic heterocycles. The summed E-state index contributed by atoms with van der Waals surface area (Å²) in [7, 11) is -3.87. The molecule has 0 aliphatic carbocycles. The third kappa shape index (κ3) is 3.28. The number of sulfonamides is 1. The molecule has 6 nitrogen and oxygen atoms in total. The third-order valence-corrected chi connectivity index (χ3v) is 4.73. The van der Waals surface area contributed by atoms with Crippen LogP contribution in [0, 0.1) is 19.7 Å². The highest BCUT2D eigenvalue weighted by Crippen LogP contribution is 2.23. The number of hydrogen-bond donors (Lipinski definition) is 1. The quantitative estimate of drug-likeness (QED) is 0.783. The van der Waals surface area contributed by atoms with E-state index >= 15 is 0 Å². The lowest BCUT2D eigenvalue weighted by Gasteiger charge is -2.09. The second-order valence-corrected chi connectivity index (χ2v) is 6.92. The van der Waals surface area contributed by atoms with Crippen molar-refractivity contribution in [2.45, 2.75) is 18.7 Å². The van der Waals surface area contributed by atoms with Crippen molar-refractivity contribution < 1.29 is 17.3 Å². The lowest BCUT2D eigenvalue weighted by molar-refractivity contribution is 0.394. The molecule has 0 saturated carbocycles. The van der Waals surface area contributed by atoms with Gasteiger partial charge in [-0.05, 0) is 36.8 Å². The Morgan fingerprint density at radius 3 is 2.58 bits per heavy atom. The number of nitrogens with zero attached hydrogens (tertiary/aromatic N) is 2. The number of aryl methyl sites for hydroxylation is 2. The monoisotopic (exact) mass is 347 g/mol. The minimum Gasteiger partial charge on any atom is -0.339 e. The number of nitrogens with one attached hydrogen (secondary N) is 1. The molecule has 0 unspecified atom stereocenters. The highest BCUT2D eigenvalue weighted by Gasteiger charge is 2.17. The lowest BCUT2D eigenvalue weighted by atomic mass is 10.2. The molecule has 0 spiro atoms. The fourth-order valence-electron chi connectivity index (χ4n) is 2.09. The van der Waals surface area contributed by atoms with Crippen molar-refractivity contribution >= 4 is 15.7 Å². The van der Waals surface area contributed by atoms with Gasteiger partial charge in [0, 0.05) is 12.5 Å². The van der Waals surface area contributed by atoms with Crippen LogP contribution in [0.15, 0.2) is 51.9 Å². The summed E-state index contributed by atoms with van der Waals surface area (Å²) in [6.45, 7) is 3.24. The number of aromatic nitrogens is 2. The average molecular weight is 347 g/mol. The van der Waals surface area contributed by atoms with Gasteiger partial charge in [0.2, 0.25) is 11.7 Å². The number of halogens is 1. The minimum atomic E-state index is -3.87. The van der Waals surface area contributed by atoms with Gasteiger partial charge in [-0.1, -0.05) is 23.4 Å². The van der Waals surface area contributed by atoms with Crippen molar-refractivity contribution in [3.63, 3.8) is 0 Å². The Labute approximate surface area is 138 Å². The molecular weight excluding hydrogens is 333 g/mol.